The van der Waals surface area contributed by atoms with E-state index < -0.39 is 0 Å². The van der Waals surface area contributed by atoms with Gasteiger partial charge in [-0.3, -0.25) is 4.90 Å². The van der Waals surface area contributed by atoms with Crippen LogP contribution in [0.25, 0.3) is 0 Å². The molecule has 2 aliphatic rings. The molecule has 3 nitrogen and oxygen atoms in total. The smallest absolute Gasteiger partial charge is 0.0469 e. The summed E-state index contributed by atoms with van der Waals surface area (Å²) in [6.45, 7) is 8.56. The van der Waals surface area contributed by atoms with E-state index in [1.807, 2.05) is 0 Å². The Bertz CT molecular complexity index is 245. The normalized spacial score (nSPS) is 24.5. The lowest BCUT2D eigenvalue weighted by Gasteiger charge is -2.42. The lowest BCUT2D eigenvalue weighted by molar-refractivity contribution is 0.0109. The van der Waals surface area contributed by atoms with Gasteiger partial charge in [0.2, 0.25) is 0 Å². The number of nitrogens with two attached hydrogens (primary N) is 1. The first kappa shape index (κ1) is 15.3. The van der Waals surface area contributed by atoms with E-state index in [9.17, 15) is 0 Å². The summed E-state index contributed by atoms with van der Waals surface area (Å²) in [5.41, 5.74) is 6.17. The molecular formula is C16H32N2O. The van der Waals surface area contributed by atoms with Crippen molar-refractivity contribution in [3.05, 3.63) is 0 Å². The van der Waals surface area contributed by atoms with Gasteiger partial charge in [0, 0.05) is 38.4 Å². The first-order chi connectivity index (χ1) is 9.22. The fourth-order valence-corrected chi connectivity index (χ4v) is 3.91. The number of rotatable bonds is 6. The minimum Gasteiger partial charge on any atom is -0.381 e. The molecule has 0 amide bonds. The molecule has 1 unspecified atom stereocenters. The van der Waals surface area contributed by atoms with Crippen molar-refractivity contribution in [1.82, 2.24) is 4.90 Å². The third-order valence-corrected chi connectivity index (χ3v) is 4.85. The van der Waals surface area contributed by atoms with Gasteiger partial charge in [-0.2, -0.15) is 0 Å². The molecule has 2 fully saturated rings. The summed E-state index contributed by atoms with van der Waals surface area (Å²) in [7, 11) is 0. The van der Waals surface area contributed by atoms with Crippen molar-refractivity contribution in [1.29, 1.82) is 0 Å². The molecule has 2 N–H and O–H groups in total. The number of nitrogens with zero attached hydrogens (tertiary/aromatic N) is 1. The Balaban J connectivity index is 2.03. The van der Waals surface area contributed by atoms with Crippen LogP contribution in [0.1, 0.15) is 52.4 Å². The lowest BCUT2D eigenvalue weighted by atomic mass is 9.89. The maximum absolute atomic E-state index is 6.17. The van der Waals surface area contributed by atoms with Gasteiger partial charge in [-0.25, -0.2) is 0 Å². The van der Waals surface area contributed by atoms with Crippen LogP contribution in [0.15, 0.2) is 0 Å². The predicted octanol–water partition coefficient (Wildman–Crippen LogP) is 2.64. The molecule has 1 heterocycles. The van der Waals surface area contributed by atoms with Gasteiger partial charge in [-0.1, -0.05) is 26.7 Å². The summed E-state index contributed by atoms with van der Waals surface area (Å²) < 4.78 is 5.52. The number of hydrogen-bond acceptors (Lipinski definition) is 3. The zero-order valence-corrected chi connectivity index (χ0v) is 12.8. The molecule has 0 aromatic carbocycles. The van der Waals surface area contributed by atoms with Crippen LogP contribution in [-0.2, 0) is 4.74 Å². The van der Waals surface area contributed by atoms with Crippen molar-refractivity contribution in [2.45, 2.75) is 64.5 Å². The minimum atomic E-state index is 0.578. The summed E-state index contributed by atoms with van der Waals surface area (Å²) in [4.78, 5) is 2.77. The fraction of sp³-hybridized carbons (Fsp3) is 1.00. The zero-order chi connectivity index (χ0) is 13.7. The quantitative estimate of drug-likeness (QED) is 0.805. The van der Waals surface area contributed by atoms with E-state index in [2.05, 4.69) is 18.7 Å². The average molecular weight is 268 g/mol. The number of ether oxygens (including phenoxy) is 1. The lowest BCUT2D eigenvalue weighted by Crippen LogP contribution is -2.52. The Labute approximate surface area is 118 Å². The summed E-state index contributed by atoms with van der Waals surface area (Å²) in [6, 6.07) is 1.37. The molecule has 112 valence electrons. The molecule has 1 saturated heterocycles. The molecule has 19 heavy (non-hydrogen) atoms. The van der Waals surface area contributed by atoms with E-state index in [0.29, 0.717) is 6.04 Å². The van der Waals surface area contributed by atoms with E-state index >= 15 is 0 Å². The average Bonchev–Trinajstić information content (AvgIpc) is 2.93. The summed E-state index contributed by atoms with van der Waals surface area (Å²) in [6.07, 6.45) is 7.97. The molecule has 0 aromatic rings. The summed E-state index contributed by atoms with van der Waals surface area (Å²) >= 11 is 0. The monoisotopic (exact) mass is 268 g/mol. The van der Waals surface area contributed by atoms with E-state index in [4.69, 9.17) is 10.5 Å². The van der Waals surface area contributed by atoms with Gasteiger partial charge in [0.05, 0.1) is 0 Å². The van der Waals surface area contributed by atoms with Crippen LogP contribution < -0.4 is 5.73 Å². The second-order valence-corrected chi connectivity index (χ2v) is 6.78. The highest BCUT2D eigenvalue weighted by Gasteiger charge is 2.33. The first-order valence-corrected chi connectivity index (χ1v) is 8.26. The molecule has 0 aromatic heterocycles. The molecule has 0 radical (unpaired) electrons. The highest BCUT2D eigenvalue weighted by Crippen LogP contribution is 2.30. The molecule has 1 aliphatic carbocycles. The van der Waals surface area contributed by atoms with Crippen LogP contribution >= 0.6 is 0 Å². The maximum atomic E-state index is 6.17. The van der Waals surface area contributed by atoms with E-state index in [1.54, 1.807) is 0 Å². The van der Waals surface area contributed by atoms with E-state index in [0.717, 1.165) is 37.6 Å². The molecule has 0 spiro atoms. The second-order valence-electron chi connectivity index (χ2n) is 6.78. The van der Waals surface area contributed by atoms with Crippen molar-refractivity contribution >= 4 is 0 Å². The van der Waals surface area contributed by atoms with Gasteiger partial charge in [-0.05, 0) is 37.5 Å². The Morgan fingerprint density at radius 2 is 1.74 bits per heavy atom. The van der Waals surface area contributed by atoms with Gasteiger partial charge >= 0.3 is 0 Å². The Kier molecular flexibility index (Phi) is 6.11. The Hall–Kier alpha value is -0.120. The van der Waals surface area contributed by atoms with E-state index in [-0.39, 0.29) is 0 Å². The molecule has 1 aliphatic heterocycles. The Morgan fingerprint density at radius 3 is 2.26 bits per heavy atom. The van der Waals surface area contributed by atoms with Crippen LogP contribution in [0.2, 0.25) is 0 Å². The summed E-state index contributed by atoms with van der Waals surface area (Å²) in [5, 5.41) is 0. The Morgan fingerprint density at radius 1 is 1.11 bits per heavy atom. The van der Waals surface area contributed by atoms with Crippen molar-refractivity contribution in [2.75, 3.05) is 26.3 Å². The molecule has 0 bridgehead atoms. The molecule has 3 heteroatoms. The zero-order valence-electron chi connectivity index (χ0n) is 12.8. The van der Waals surface area contributed by atoms with Crippen molar-refractivity contribution in [3.63, 3.8) is 0 Å². The van der Waals surface area contributed by atoms with Crippen molar-refractivity contribution in [3.8, 4) is 0 Å². The third kappa shape index (κ3) is 4.17. The second kappa shape index (κ2) is 7.61. The van der Waals surface area contributed by atoms with Crippen molar-refractivity contribution in [2.24, 2.45) is 17.6 Å². The summed E-state index contributed by atoms with van der Waals surface area (Å²) in [5.74, 6) is 1.48. The van der Waals surface area contributed by atoms with Crippen LogP contribution in [-0.4, -0.2) is 43.3 Å². The van der Waals surface area contributed by atoms with Crippen LogP contribution in [0.5, 0.6) is 0 Å². The largest absolute Gasteiger partial charge is 0.381 e. The molecular weight excluding hydrogens is 236 g/mol. The fourth-order valence-electron chi connectivity index (χ4n) is 3.91. The third-order valence-electron chi connectivity index (χ3n) is 4.85. The van der Waals surface area contributed by atoms with Gasteiger partial charge < -0.3 is 10.5 Å². The maximum Gasteiger partial charge on any atom is 0.0469 e. The van der Waals surface area contributed by atoms with Gasteiger partial charge in [0.15, 0.2) is 0 Å². The highest BCUT2D eigenvalue weighted by atomic mass is 16.5. The van der Waals surface area contributed by atoms with Crippen LogP contribution in [0.3, 0.4) is 0 Å². The van der Waals surface area contributed by atoms with E-state index in [1.165, 1.54) is 45.1 Å². The topological polar surface area (TPSA) is 38.5 Å². The van der Waals surface area contributed by atoms with Crippen molar-refractivity contribution < 1.29 is 4.74 Å². The predicted molar refractivity (Wildman–Crippen MR) is 80.2 cm³/mol. The first-order valence-electron chi connectivity index (χ1n) is 8.26. The number of hydrogen-bond donors (Lipinski definition) is 1. The van der Waals surface area contributed by atoms with Crippen LogP contribution in [0, 0.1) is 11.8 Å². The van der Waals surface area contributed by atoms with Gasteiger partial charge in [0.25, 0.3) is 0 Å². The minimum absolute atomic E-state index is 0.578. The standard InChI is InChI=1S/C16H32N2O/c1-13(2)12-18(15-5-3-4-6-15)16(11-17)14-7-9-19-10-8-14/h13-16H,3-12,17H2,1-2H3. The highest BCUT2D eigenvalue weighted by molar-refractivity contribution is 4.88. The molecule has 2 rings (SSSR count). The van der Waals surface area contributed by atoms with Crippen LogP contribution in [0.4, 0.5) is 0 Å². The SMILES string of the molecule is CC(C)CN(C1CCCC1)C(CN)C1CCOCC1. The molecule has 1 atom stereocenters. The van der Waals surface area contributed by atoms with Gasteiger partial charge in [0.1, 0.15) is 0 Å². The molecule has 1 saturated carbocycles. The van der Waals surface area contributed by atoms with Gasteiger partial charge in [-0.15, -0.1) is 0 Å².